The third-order valence-corrected chi connectivity index (χ3v) is 5.65. The number of aromatic nitrogens is 1. The maximum absolute atomic E-state index is 12.2. The molecule has 1 aromatic heterocycles. The molecule has 2 aliphatic rings. The number of benzene rings is 1. The minimum absolute atomic E-state index is 0. The molecular formula is C16H21ClN4OS. The number of carbonyl (C=O) groups is 1. The Labute approximate surface area is 145 Å². The highest BCUT2D eigenvalue weighted by atomic mass is 35.5. The number of fused-ring (bicyclic) bond motifs is 2. The van der Waals surface area contributed by atoms with Crippen molar-refractivity contribution in [2.24, 2.45) is 11.8 Å². The Morgan fingerprint density at radius 3 is 3.04 bits per heavy atom. The summed E-state index contributed by atoms with van der Waals surface area (Å²) in [6.45, 7) is 4.78. The van der Waals surface area contributed by atoms with Gasteiger partial charge in [-0.15, -0.1) is 12.4 Å². The Hall–Kier alpha value is -1.21. The van der Waals surface area contributed by atoms with Crippen LogP contribution in [-0.2, 0) is 4.79 Å². The summed E-state index contributed by atoms with van der Waals surface area (Å²) in [6, 6.07) is 7.96. The van der Waals surface area contributed by atoms with Crippen LogP contribution in [0, 0.1) is 11.8 Å². The zero-order valence-electron chi connectivity index (χ0n) is 12.8. The van der Waals surface area contributed by atoms with Crippen LogP contribution in [0.4, 0.5) is 5.13 Å². The molecule has 2 aromatic rings. The summed E-state index contributed by atoms with van der Waals surface area (Å²) < 4.78 is 1.11. The van der Waals surface area contributed by atoms with Crippen molar-refractivity contribution in [1.82, 2.24) is 15.2 Å². The van der Waals surface area contributed by atoms with E-state index in [0.717, 1.165) is 42.3 Å². The zero-order valence-corrected chi connectivity index (χ0v) is 14.5. The number of piperidine rings is 1. The van der Waals surface area contributed by atoms with Crippen LogP contribution in [0.2, 0.25) is 0 Å². The lowest BCUT2D eigenvalue weighted by atomic mass is 9.89. The first-order valence-corrected chi connectivity index (χ1v) is 8.68. The average Bonchev–Trinajstić information content (AvgIpc) is 3.11. The molecule has 2 atom stereocenters. The Bertz CT molecular complexity index is 659. The van der Waals surface area contributed by atoms with Crippen LogP contribution in [0.25, 0.3) is 10.2 Å². The Kier molecular flexibility index (Phi) is 5.16. The van der Waals surface area contributed by atoms with Gasteiger partial charge in [-0.05, 0) is 50.0 Å². The normalized spacial score (nSPS) is 24.2. The van der Waals surface area contributed by atoms with Crippen LogP contribution in [0.1, 0.15) is 6.42 Å². The third kappa shape index (κ3) is 3.66. The fourth-order valence-corrected chi connectivity index (χ4v) is 4.42. The number of amides is 1. The summed E-state index contributed by atoms with van der Waals surface area (Å²) in [7, 11) is 0. The quantitative estimate of drug-likeness (QED) is 0.889. The molecule has 2 saturated heterocycles. The number of nitrogens with zero attached hydrogens (tertiary/aromatic N) is 2. The highest BCUT2D eigenvalue weighted by molar-refractivity contribution is 7.22. The van der Waals surface area contributed by atoms with Crippen molar-refractivity contribution < 1.29 is 4.79 Å². The summed E-state index contributed by atoms with van der Waals surface area (Å²) in [5, 5.41) is 7.10. The SMILES string of the molecule is Cl.O=C(CN1CCC2CNCC2C1)Nc1nc2ccccc2s1. The molecule has 7 heteroatoms. The molecule has 2 N–H and O–H groups in total. The van der Waals surface area contributed by atoms with Crippen molar-refractivity contribution in [3.8, 4) is 0 Å². The molecule has 0 radical (unpaired) electrons. The van der Waals surface area contributed by atoms with Gasteiger partial charge in [0.2, 0.25) is 5.91 Å². The number of thiazole rings is 1. The van der Waals surface area contributed by atoms with Crippen LogP contribution < -0.4 is 10.6 Å². The predicted molar refractivity (Wildman–Crippen MR) is 96.4 cm³/mol. The Morgan fingerprint density at radius 1 is 1.35 bits per heavy atom. The molecule has 124 valence electrons. The molecule has 0 bridgehead atoms. The van der Waals surface area contributed by atoms with Gasteiger partial charge in [0.15, 0.2) is 5.13 Å². The molecule has 23 heavy (non-hydrogen) atoms. The van der Waals surface area contributed by atoms with Gasteiger partial charge in [-0.3, -0.25) is 9.69 Å². The van der Waals surface area contributed by atoms with Gasteiger partial charge in [0, 0.05) is 6.54 Å². The fourth-order valence-electron chi connectivity index (χ4n) is 3.54. The first-order chi connectivity index (χ1) is 10.8. The van der Waals surface area contributed by atoms with Gasteiger partial charge in [-0.1, -0.05) is 23.5 Å². The van der Waals surface area contributed by atoms with Crippen molar-refractivity contribution >= 4 is 45.0 Å². The maximum Gasteiger partial charge on any atom is 0.240 e. The number of nitrogens with one attached hydrogen (secondary N) is 2. The number of anilines is 1. The molecule has 1 amide bonds. The number of rotatable bonds is 3. The van der Waals surface area contributed by atoms with Crippen molar-refractivity contribution in [3.05, 3.63) is 24.3 Å². The topological polar surface area (TPSA) is 57.3 Å². The highest BCUT2D eigenvalue weighted by Crippen LogP contribution is 2.27. The van der Waals surface area contributed by atoms with Gasteiger partial charge in [0.1, 0.15) is 0 Å². The number of carbonyl (C=O) groups excluding carboxylic acids is 1. The molecular weight excluding hydrogens is 332 g/mol. The van der Waals surface area contributed by atoms with E-state index in [-0.39, 0.29) is 18.3 Å². The molecule has 2 fully saturated rings. The minimum Gasteiger partial charge on any atom is -0.316 e. The van der Waals surface area contributed by atoms with Crippen LogP contribution in [0.15, 0.2) is 24.3 Å². The lowest BCUT2D eigenvalue weighted by molar-refractivity contribution is -0.117. The van der Waals surface area contributed by atoms with E-state index in [4.69, 9.17) is 0 Å². The molecule has 0 saturated carbocycles. The van der Waals surface area contributed by atoms with Crippen LogP contribution >= 0.6 is 23.7 Å². The van der Waals surface area contributed by atoms with E-state index < -0.39 is 0 Å². The Morgan fingerprint density at radius 2 is 2.17 bits per heavy atom. The standard InChI is InChI=1S/C16H20N4OS.ClH/c21-15(10-20-6-5-11-7-17-8-12(11)9-20)19-16-18-13-3-1-2-4-14(13)22-16;/h1-4,11-12,17H,5-10H2,(H,18,19,21);1H. The monoisotopic (exact) mass is 352 g/mol. The summed E-state index contributed by atoms with van der Waals surface area (Å²) in [6.07, 6.45) is 1.20. The zero-order chi connectivity index (χ0) is 14.9. The van der Waals surface area contributed by atoms with Gasteiger partial charge in [0.05, 0.1) is 16.8 Å². The molecule has 5 nitrogen and oxygen atoms in total. The van der Waals surface area contributed by atoms with Crippen molar-refractivity contribution in [1.29, 1.82) is 0 Å². The first kappa shape index (κ1) is 16.6. The van der Waals surface area contributed by atoms with Gasteiger partial charge in [-0.2, -0.15) is 0 Å². The predicted octanol–water partition coefficient (Wildman–Crippen LogP) is 2.20. The number of hydrogen-bond acceptors (Lipinski definition) is 5. The summed E-state index contributed by atoms with van der Waals surface area (Å²) in [5.74, 6) is 1.57. The minimum atomic E-state index is 0. The molecule has 2 aliphatic heterocycles. The van der Waals surface area contributed by atoms with E-state index in [9.17, 15) is 4.79 Å². The smallest absolute Gasteiger partial charge is 0.240 e. The van der Waals surface area contributed by atoms with Gasteiger partial charge in [0.25, 0.3) is 0 Å². The van der Waals surface area contributed by atoms with E-state index >= 15 is 0 Å². The van der Waals surface area contributed by atoms with E-state index in [1.807, 2.05) is 24.3 Å². The van der Waals surface area contributed by atoms with Crippen LogP contribution in [0.5, 0.6) is 0 Å². The molecule has 2 unspecified atom stereocenters. The summed E-state index contributed by atoms with van der Waals surface area (Å²) in [5.41, 5.74) is 0.945. The lowest BCUT2D eigenvalue weighted by Gasteiger charge is -2.33. The second-order valence-electron chi connectivity index (χ2n) is 6.24. The fraction of sp³-hybridized carbons (Fsp3) is 0.500. The summed E-state index contributed by atoms with van der Waals surface area (Å²) in [4.78, 5) is 19.0. The molecule has 1 aromatic carbocycles. The highest BCUT2D eigenvalue weighted by Gasteiger charge is 2.33. The lowest BCUT2D eigenvalue weighted by Crippen LogP contribution is -2.43. The van der Waals surface area contributed by atoms with E-state index in [1.54, 1.807) is 0 Å². The molecule has 4 rings (SSSR count). The average molecular weight is 353 g/mol. The van der Waals surface area contributed by atoms with Crippen LogP contribution in [0.3, 0.4) is 0 Å². The van der Waals surface area contributed by atoms with Crippen molar-refractivity contribution in [3.63, 3.8) is 0 Å². The molecule has 3 heterocycles. The number of halogens is 1. The third-order valence-electron chi connectivity index (χ3n) is 4.70. The van der Waals surface area contributed by atoms with Gasteiger partial charge >= 0.3 is 0 Å². The van der Waals surface area contributed by atoms with Gasteiger partial charge in [-0.25, -0.2) is 4.98 Å². The number of likely N-dealkylation sites (tertiary alicyclic amines) is 1. The maximum atomic E-state index is 12.2. The second-order valence-corrected chi connectivity index (χ2v) is 7.27. The van der Waals surface area contributed by atoms with E-state index in [2.05, 4.69) is 20.5 Å². The molecule has 0 aliphatic carbocycles. The van der Waals surface area contributed by atoms with Gasteiger partial charge < -0.3 is 10.6 Å². The number of hydrogen-bond donors (Lipinski definition) is 2. The second kappa shape index (κ2) is 7.13. The number of para-hydroxylation sites is 1. The van der Waals surface area contributed by atoms with Crippen LogP contribution in [-0.4, -0.2) is 48.5 Å². The largest absolute Gasteiger partial charge is 0.316 e. The van der Waals surface area contributed by atoms with E-state index in [0.29, 0.717) is 17.6 Å². The first-order valence-electron chi connectivity index (χ1n) is 7.86. The summed E-state index contributed by atoms with van der Waals surface area (Å²) >= 11 is 1.53. The van der Waals surface area contributed by atoms with Crippen molar-refractivity contribution in [2.45, 2.75) is 6.42 Å². The van der Waals surface area contributed by atoms with E-state index in [1.165, 1.54) is 17.8 Å². The molecule has 0 spiro atoms. The van der Waals surface area contributed by atoms with Crippen molar-refractivity contribution in [2.75, 3.05) is 38.0 Å². The Balaban J connectivity index is 0.00000156.